The Balaban J connectivity index is 2.13. The first kappa shape index (κ1) is 14.7. The molecule has 2 rings (SSSR count). The third-order valence-corrected chi connectivity index (χ3v) is 3.53. The summed E-state index contributed by atoms with van der Waals surface area (Å²) < 4.78 is 0. The van der Waals surface area contributed by atoms with Crippen molar-refractivity contribution in [3.8, 4) is 0 Å². The van der Waals surface area contributed by atoms with Crippen LogP contribution in [0.15, 0.2) is 42.5 Å². The molecule has 0 radical (unpaired) electrons. The molecule has 0 saturated heterocycles. The lowest BCUT2D eigenvalue weighted by molar-refractivity contribution is 0.0940. The lowest BCUT2D eigenvalue weighted by Gasteiger charge is -2.15. The van der Waals surface area contributed by atoms with Gasteiger partial charge in [-0.25, -0.2) is 0 Å². The van der Waals surface area contributed by atoms with Gasteiger partial charge in [-0.2, -0.15) is 0 Å². The third kappa shape index (κ3) is 3.44. The largest absolute Gasteiger partial charge is 0.398 e. The maximum atomic E-state index is 12.1. The van der Waals surface area contributed by atoms with Crippen LogP contribution < -0.4 is 11.1 Å². The van der Waals surface area contributed by atoms with E-state index in [4.69, 9.17) is 28.9 Å². The highest BCUT2D eigenvalue weighted by atomic mass is 35.5. The van der Waals surface area contributed by atoms with Gasteiger partial charge in [0.25, 0.3) is 5.91 Å². The standard InChI is InChI=1S/C15H14Cl2N2O/c1-9(10-3-2-4-12(16)7-10)19-15(20)11-5-6-13(17)14(18)8-11/h2-9H,18H2,1H3,(H,19,20)/t9-/m1/s1. The molecule has 20 heavy (non-hydrogen) atoms. The molecule has 104 valence electrons. The normalized spacial score (nSPS) is 11.9. The van der Waals surface area contributed by atoms with Crippen molar-refractivity contribution in [1.29, 1.82) is 0 Å². The molecule has 0 aliphatic heterocycles. The number of nitrogens with one attached hydrogen (secondary N) is 1. The summed E-state index contributed by atoms with van der Waals surface area (Å²) in [5, 5.41) is 3.96. The van der Waals surface area contributed by atoms with Crippen LogP contribution in [0, 0.1) is 0 Å². The second-order valence-electron chi connectivity index (χ2n) is 4.49. The summed E-state index contributed by atoms with van der Waals surface area (Å²) in [4.78, 5) is 12.1. The van der Waals surface area contributed by atoms with E-state index in [1.807, 2.05) is 25.1 Å². The molecule has 1 amide bonds. The van der Waals surface area contributed by atoms with Crippen molar-refractivity contribution in [2.75, 3.05) is 5.73 Å². The molecule has 0 aromatic heterocycles. The van der Waals surface area contributed by atoms with Gasteiger partial charge in [0.1, 0.15) is 0 Å². The van der Waals surface area contributed by atoms with Crippen molar-refractivity contribution < 1.29 is 4.79 Å². The van der Waals surface area contributed by atoms with Crippen molar-refractivity contribution in [3.63, 3.8) is 0 Å². The molecule has 0 saturated carbocycles. The van der Waals surface area contributed by atoms with E-state index in [1.54, 1.807) is 24.3 Å². The van der Waals surface area contributed by atoms with Gasteiger partial charge in [0.2, 0.25) is 0 Å². The highest BCUT2D eigenvalue weighted by molar-refractivity contribution is 6.33. The maximum absolute atomic E-state index is 12.1. The Bertz CT molecular complexity index is 644. The molecule has 0 heterocycles. The van der Waals surface area contributed by atoms with Gasteiger partial charge in [-0.15, -0.1) is 0 Å². The van der Waals surface area contributed by atoms with Gasteiger partial charge in [-0.1, -0.05) is 35.3 Å². The molecule has 2 aromatic carbocycles. The van der Waals surface area contributed by atoms with Crippen molar-refractivity contribution >= 4 is 34.8 Å². The zero-order valence-corrected chi connectivity index (χ0v) is 12.4. The molecule has 0 aliphatic rings. The topological polar surface area (TPSA) is 55.1 Å². The molecule has 0 unspecified atom stereocenters. The number of nitrogen functional groups attached to an aromatic ring is 1. The fourth-order valence-corrected chi connectivity index (χ4v) is 2.14. The molecule has 3 nitrogen and oxygen atoms in total. The van der Waals surface area contributed by atoms with Crippen LogP contribution in [-0.4, -0.2) is 5.91 Å². The second kappa shape index (κ2) is 6.16. The van der Waals surface area contributed by atoms with Gasteiger partial charge in [0.15, 0.2) is 0 Å². The molecule has 2 aromatic rings. The molecule has 0 aliphatic carbocycles. The molecule has 3 N–H and O–H groups in total. The van der Waals surface area contributed by atoms with E-state index in [-0.39, 0.29) is 11.9 Å². The van der Waals surface area contributed by atoms with Crippen molar-refractivity contribution in [3.05, 3.63) is 63.6 Å². The van der Waals surface area contributed by atoms with Crippen LogP contribution in [0.25, 0.3) is 0 Å². The number of nitrogens with two attached hydrogens (primary N) is 1. The predicted octanol–water partition coefficient (Wildman–Crippen LogP) is 4.07. The lowest BCUT2D eigenvalue weighted by Crippen LogP contribution is -2.26. The fourth-order valence-electron chi connectivity index (χ4n) is 1.82. The summed E-state index contributed by atoms with van der Waals surface area (Å²) >= 11 is 11.8. The number of benzene rings is 2. The van der Waals surface area contributed by atoms with E-state index in [1.165, 1.54) is 0 Å². The molecular formula is C15H14Cl2N2O. The first-order valence-corrected chi connectivity index (χ1v) is 6.84. The minimum absolute atomic E-state index is 0.155. The van der Waals surface area contributed by atoms with Crippen LogP contribution in [0.4, 0.5) is 5.69 Å². The van der Waals surface area contributed by atoms with Gasteiger partial charge in [-0.05, 0) is 42.8 Å². The number of anilines is 1. The minimum Gasteiger partial charge on any atom is -0.398 e. The van der Waals surface area contributed by atoms with Crippen molar-refractivity contribution in [2.24, 2.45) is 0 Å². The highest BCUT2D eigenvalue weighted by Gasteiger charge is 2.12. The summed E-state index contributed by atoms with van der Waals surface area (Å²) in [6, 6.07) is 12.0. The van der Waals surface area contributed by atoms with E-state index in [9.17, 15) is 4.79 Å². The van der Waals surface area contributed by atoms with Crippen LogP contribution in [0.1, 0.15) is 28.9 Å². The Hall–Kier alpha value is -1.71. The van der Waals surface area contributed by atoms with Gasteiger partial charge in [0.05, 0.1) is 16.8 Å². The molecule has 1 atom stereocenters. The average Bonchev–Trinajstić information content (AvgIpc) is 2.41. The first-order chi connectivity index (χ1) is 9.47. The number of hydrogen-bond donors (Lipinski definition) is 2. The van der Waals surface area contributed by atoms with Gasteiger partial charge >= 0.3 is 0 Å². The van der Waals surface area contributed by atoms with Crippen LogP contribution in [-0.2, 0) is 0 Å². The number of hydrogen-bond acceptors (Lipinski definition) is 2. The van der Waals surface area contributed by atoms with Crippen molar-refractivity contribution in [1.82, 2.24) is 5.32 Å². The summed E-state index contributed by atoms with van der Waals surface area (Å²) in [5.74, 6) is -0.208. The maximum Gasteiger partial charge on any atom is 0.251 e. The SMILES string of the molecule is C[C@@H](NC(=O)c1ccc(Cl)c(N)c1)c1cccc(Cl)c1. The highest BCUT2D eigenvalue weighted by Crippen LogP contribution is 2.21. The molecule has 0 spiro atoms. The van der Waals surface area contributed by atoms with Crippen LogP contribution in [0.3, 0.4) is 0 Å². The Labute approximate surface area is 127 Å². The third-order valence-electron chi connectivity index (χ3n) is 2.95. The molecular weight excluding hydrogens is 295 g/mol. The van der Waals surface area contributed by atoms with Crippen molar-refractivity contribution in [2.45, 2.75) is 13.0 Å². The van der Waals surface area contributed by atoms with E-state index in [2.05, 4.69) is 5.32 Å². The van der Waals surface area contributed by atoms with E-state index in [0.717, 1.165) is 5.56 Å². The predicted molar refractivity (Wildman–Crippen MR) is 83.2 cm³/mol. The molecule has 0 bridgehead atoms. The number of halogens is 2. The smallest absolute Gasteiger partial charge is 0.251 e. The quantitative estimate of drug-likeness (QED) is 0.840. The molecule has 0 fully saturated rings. The van der Waals surface area contributed by atoms with Gasteiger partial charge < -0.3 is 11.1 Å². The van der Waals surface area contributed by atoms with E-state index in [0.29, 0.717) is 21.3 Å². The number of carbonyl (C=O) groups is 1. The lowest BCUT2D eigenvalue weighted by atomic mass is 10.1. The Morgan fingerprint density at radius 3 is 2.60 bits per heavy atom. The van der Waals surface area contributed by atoms with Crippen LogP contribution in [0.2, 0.25) is 10.0 Å². The van der Waals surface area contributed by atoms with Crippen LogP contribution in [0.5, 0.6) is 0 Å². The number of rotatable bonds is 3. The van der Waals surface area contributed by atoms with E-state index < -0.39 is 0 Å². The number of carbonyl (C=O) groups excluding carboxylic acids is 1. The molecule has 5 heteroatoms. The monoisotopic (exact) mass is 308 g/mol. The average molecular weight is 309 g/mol. The fraction of sp³-hybridized carbons (Fsp3) is 0.133. The summed E-state index contributed by atoms with van der Waals surface area (Å²) in [6.07, 6.45) is 0. The minimum atomic E-state index is -0.208. The Morgan fingerprint density at radius 1 is 1.20 bits per heavy atom. The Kier molecular flexibility index (Phi) is 4.53. The van der Waals surface area contributed by atoms with E-state index >= 15 is 0 Å². The summed E-state index contributed by atoms with van der Waals surface area (Å²) in [5.41, 5.74) is 7.49. The second-order valence-corrected chi connectivity index (χ2v) is 5.33. The zero-order valence-electron chi connectivity index (χ0n) is 10.9. The van der Waals surface area contributed by atoms with Crippen LogP contribution >= 0.6 is 23.2 Å². The van der Waals surface area contributed by atoms with Gasteiger partial charge in [0, 0.05) is 10.6 Å². The first-order valence-electron chi connectivity index (χ1n) is 6.08. The number of amides is 1. The van der Waals surface area contributed by atoms with Gasteiger partial charge in [-0.3, -0.25) is 4.79 Å². The summed E-state index contributed by atoms with van der Waals surface area (Å²) in [6.45, 7) is 1.89. The summed E-state index contributed by atoms with van der Waals surface area (Å²) in [7, 11) is 0. The Morgan fingerprint density at radius 2 is 1.95 bits per heavy atom. The zero-order chi connectivity index (χ0) is 14.7.